The van der Waals surface area contributed by atoms with Crippen LogP contribution in [0.4, 0.5) is 0 Å². The molecule has 0 aliphatic carbocycles. The van der Waals surface area contributed by atoms with Crippen molar-refractivity contribution in [1.82, 2.24) is 14.9 Å². The van der Waals surface area contributed by atoms with Crippen LogP contribution in [-0.2, 0) is 0 Å². The molecule has 5 nitrogen and oxygen atoms in total. The van der Waals surface area contributed by atoms with E-state index in [9.17, 15) is 9.59 Å². The maximum atomic E-state index is 13.2. The largest absolute Gasteiger partial charge is 0.332 e. The SMILES string of the molecule is Cc1ccc(C2CCCN2C(=O)c2ccc3c(=O)[nH]c(=S)[nH]c3c2)cc1C. The summed E-state index contributed by atoms with van der Waals surface area (Å²) in [6.45, 7) is 4.93. The topological polar surface area (TPSA) is 69.0 Å². The Balaban J connectivity index is 1.70. The summed E-state index contributed by atoms with van der Waals surface area (Å²) in [5, 5.41) is 0.493. The molecule has 1 unspecified atom stereocenters. The number of rotatable bonds is 2. The predicted octanol–water partition coefficient (Wildman–Crippen LogP) is 4.18. The van der Waals surface area contributed by atoms with E-state index in [-0.39, 0.29) is 22.3 Å². The van der Waals surface area contributed by atoms with Gasteiger partial charge in [0.2, 0.25) is 0 Å². The Kier molecular flexibility index (Phi) is 4.44. The molecule has 27 heavy (non-hydrogen) atoms. The van der Waals surface area contributed by atoms with Crippen molar-refractivity contribution in [1.29, 1.82) is 0 Å². The lowest BCUT2D eigenvalue weighted by atomic mass is 9.99. The number of amides is 1. The van der Waals surface area contributed by atoms with Gasteiger partial charge in [0.05, 0.1) is 16.9 Å². The third kappa shape index (κ3) is 3.21. The summed E-state index contributed by atoms with van der Waals surface area (Å²) in [6, 6.07) is 11.6. The number of aromatic nitrogens is 2. The minimum atomic E-state index is -0.248. The van der Waals surface area contributed by atoms with E-state index in [1.165, 1.54) is 16.7 Å². The van der Waals surface area contributed by atoms with Crippen LogP contribution >= 0.6 is 12.2 Å². The lowest BCUT2D eigenvalue weighted by Gasteiger charge is -2.26. The van der Waals surface area contributed by atoms with E-state index < -0.39 is 0 Å². The van der Waals surface area contributed by atoms with Crippen LogP contribution in [0.15, 0.2) is 41.2 Å². The number of benzene rings is 2. The Labute approximate surface area is 162 Å². The Morgan fingerprint density at radius 2 is 1.93 bits per heavy atom. The van der Waals surface area contributed by atoms with E-state index in [1.54, 1.807) is 18.2 Å². The van der Waals surface area contributed by atoms with Gasteiger partial charge in [0.1, 0.15) is 0 Å². The van der Waals surface area contributed by atoms with Crippen molar-refractivity contribution in [2.75, 3.05) is 6.54 Å². The molecule has 2 N–H and O–H groups in total. The minimum Gasteiger partial charge on any atom is -0.332 e. The van der Waals surface area contributed by atoms with Crippen LogP contribution < -0.4 is 5.56 Å². The highest BCUT2D eigenvalue weighted by Gasteiger charge is 2.30. The van der Waals surface area contributed by atoms with Gasteiger partial charge in [-0.05, 0) is 73.8 Å². The normalized spacial score (nSPS) is 16.8. The first-order chi connectivity index (χ1) is 12.9. The van der Waals surface area contributed by atoms with Gasteiger partial charge < -0.3 is 9.88 Å². The summed E-state index contributed by atoms with van der Waals surface area (Å²) in [6.07, 6.45) is 1.95. The zero-order valence-corrected chi connectivity index (χ0v) is 16.2. The molecule has 1 aliphatic rings. The van der Waals surface area contributed by atoms with E-state index in [2.05, 4.69) is 42.0 Å². The molecule has 6 heteroatoms. The fraction of sp³-hybridized carbons (Fsp3) is 0.286. The first-order valence-corrected chi connectivity index (χ1v) is 9.49. The lowest BCUT2D eigenvalue weighted by molar-refractivity contribution is 0.0735. The van der Waals surface area contributed by atoms with Gasteiger partial charge in [-0.25, -0.2) is 0 Å². The summed E-state index contributed by atoms with van der Waals surface area (Å²) < 4.78 is 0.256. The number of likely N-dealkylation sites (tertiary alicyclic amines) is 1. The van der Waals surface area contributed by atoms with Crippen LogP contribution in [0.3, 0.4) is 0 Å². The molecule has 0 radical (unpaired) electrons. The molecule has 0 bridgehead atoms. The molecule has 0 saturated carbocycles. The van der Waals surface area contributed by atoms with Crippen LogP contribution in [0.5, 0.6) is 0 Å². The number of carbonyl (C=O) groups excluding carboxylic acids is 1. The summed E-state index contributed by atoms with van der Waals surface area (Å²) in [5.74, 6) is -0.0165. The van der Waals surface area contributed by atoms with E-state index in [0.717, 1.165) is 19.4 Å². The van der Waals surface area contributed by atoms with E-state index in [0.29, 0.717) is 16.5 Å². The zero-order chi connectivity index (χ0) is 19.1. The fourth-order valence-electron chi connectivity index (χ4n) is 3.80. The summed E-state index contributed by atoms with van der Waals surface area (Å²) in [7, 11) is 0. The number of aromatic amines is 2. The maximum absolute atomic E-state index is 13.2. The Morgan fingerprint density at radius 3 is 2.70 bits per heavy atom. The number of hydrogen-bond donors (Lipinski definition) is 2. The molecule has 1 atom stereocenters. The van der Waals surface area contributed by atoms with Crippen LogP contribution in [0.2, 0.25) is 0 Å². The highest BCUT2D eigenvalue weighted by molar-refractivity contribution is 7.71. The second-order valence-corrected chi connectivity index (χ2v) is 7.58. The average Bonchev–Trinajstić information content (AvgIpc) is 3.12. The second-order valence-electron chi connectivity index (χ2n) is 7.17. The molecule has 1 amide bonds. The molecule has 4 rings (SSSR count). The smallest absolute Gasteiger partial charge is 0.259 e. The Bertz CT molecular complexity index is 1160. The number of aryl methyl sites for hydroxylation is 2. The summed E-state index contributed by atoms with van der Waals surface area (Å²) in [4.78, 5) is 32.7. The van der Waals surface area contributed by atoms with E-state index in [4.69, 9.17) is 12.2 Å². The molecular formula is C21H21N3O2S. The van der Waals surface area contributed by atoms with Gasteiger partial charge in [-0.2, -0.15) is 0 Å². The van der Waals surface area contributed by atoms with Gasteiger partial charge in [0.15, 0.2) is 4.77 Å². The van der Waals surface area contributed by atoms with E-state index in [1.807, 2.05) is 4.90 Å². The second kappa shape index (κ2) is 6.78. The Hall–Kier alpha value is -2.73. The van der Waals surface area contributed by atoms with Crippen molar-refractivity contribution < 1.29 is 4.79 Å². The van der Waals surface area contributed by atoms with Crippen molar-refractivity contribution in [3.8, 4) is 0 Å². The molecule has 2 heterocycles. The molecule has 3 aromatic rings. The number of nitrogens with one attached hydrogen (secondary N) is 2. The van der Waals surface area contributed by atoms with Crippen molar-refractivity contribution in [2.45, 2.75) is 32.7 Å². The molecule has 1 fully saturated rings. The summed E-state index contributed by atoms with van der Waals surface area (Å²) >= 11 is 5.04. The van der Waals surface area contributed by atoms with Gasteiger partial charge in [-0.15, -0.1) is 0 Å². The van der Waals surface area contributed by atoms with Crippen LogP contribution in [0.1, 0.15) is 45.9 Å². The first kappa shape index (κ1) is 17.7. The quantitative estimate of drug-likeness (QED) is 0.656. The fourth-order valence-corrected chi connectivity index (χ4v) is 4.00. The van der Waals surface area contributed by atoms with Gasteiger partial charge >= 0.3 is 0 Å². The highest BCUT2D eigenvalue weighted by Crippen LogP contribution is 2.34. The van der Waals surface area contributed by atoms with Crippen LogP contribution in [-0.4, -0.2) is 27.3 Å². The molecule has 138 valence electrons. The van der Waals surface area contributed by atoms with Gasteiger partial charge in [0.25, 0.3) is 11.5 Å². The standard InChI is InChI=1S/C21H21N3O2S/c1-12-5-6-14(10-13(12)2)18-4-3-9-24(18)20(26)15-7-8-16-17(11-15)22-21(27)23-19(16)25/h5-8,10-11,18H,3-4,9H2,1-2H3,(H2,22,23,25,27). The molecule has 1 aliphatic heterocycles. The third-order valence-electron chi connectivity index (χ3n) is 5.42. The van der Waals surface area contributed by atoms with Crippen LogP contribution in [0.25, 0.3) is 10.9 Å². The molecule has 1 aromatic heterocycles. The van der Waals surface area contributed by atoms with E-state index >= 15 is 0 Å². The van der Waals surface area contributed by atoms with Crippen molar-refractivity contribution >= 4 is 29.0 Å². The minimum absolute atomic E-state index is 0.0165. The number of fused-ring (bicyclic) bond motifs is 1. The molecule has 1 saturated heterocycles. The number of carbonyl (C=O) groups is 1. The lowest BCUT2D eigenvalue weighted by Crippen LogP contribution is -2.30. The first-order valence-electron chi connectivity index (χ1n) is 9.08. The average molecular weight is 379 g/mol. The molecular weight excluding hydrogens is 358 g/mol. The summed E-state index contributed by atoms with van der Waals surface area (Å²) in [5.41, 5.74) is 4.57. The van der Waals surface area contributed by atoms with Crippen molar-refractivity contribution in [3.05, 3.63) is 73.8 Å². The molecule has 2 aromatic carbocycles. The zero-order valence-electron chi connectivity index (χ0n) is 15.3. The molecule has 0 spiro atoms. The van der Waals surface area contributed by atoms with Crippen LogP contribution in [0, 0.1) is 18.6 Å². The number of H-pyrrole nitrogens is 2. The predicted molar refractivity (Wildman–Crippen MR) is 109 cm³/mol. The monoisotopic (exact) mass is 379 g/mol. The van der Waals surface area contributed by atoms with Gasteiger partial charge in [0, 0.05) is 12.1 Å². The number of hydrogen-bond acceptors (Lipinski definition) is 3. The highest BCUT2D eigenvalue weighted by atomic mass is 32.1. The van der Waals surface area contributed by atoms with Crippen molar-refractivity contribution in [2.24, 2.45) is 0 Å². The Morgan fingerprint density at radius 1 is 1.11 bits per heavy atom. The van der Waals surface area contributed by atoms with Gasteiger partial charge in [-0.1, -0.05) is 18.2 Å². The maximum Gasteiger partial charge on any atom is 0.259 e. The number of nitrogens with zero attached hydrogens (tertiary/aromatic N) is 1. The van der Waals surface area contributed by atoms with Crippen molar-refractivity contribution in [3.63, 3.8) is 0 Å². The third-order valence-corrected chi connectivity index (χ3v) is 5.62. The van der Waals surface area contributed by atoms with Gasteiger partial charge in [-0.3, -0.25) is 14.6 Å².